The van der Waals surface area contributed by atoms with E-state index in [-0.39, 0.29) is 11.5 Å². The highest BCUT2D eigenvalue weighted by Crippen LogP contribution is 2.35. The summed E-state index contributed by atoms with van der Waals surface area (Å²) in [5.41, 5.74) is 0.536. The number of likely N-dealkylation sites (tertiary alicyclic amines) is 1. The van der Waals surface area contributed by atoms with Crippen molar-refractivity contribution < 1.29 is 13.9 Å². The quantitative estimate of drug-likeness (QED) is 0.917. The third-order valence-corrected chi connectivity index (χ3v) is 3.85. The predicted octanol–water partition coefficient (Wildman–Crippen LogP) is 3.51. The number of halogens is 2. The van der Waals surface area contributed by atoms with E-state index in [1.165, 1.54) is 6.07 Å². The van der Waals surface area contributed by atoms with Crippen molar-refractivity contribution in [1.29, 1.82) is 0 Å². The molecule has 1 fully saturated rings. The van der Waals surface area contributed by atoms with Gasteiger partial charge in [0.1, 0.15) is 11.6 Å². The Labute approximate surface area is 119 Å². The molecule has 4 heteroatoms. The summed E-state index contributed by atoms with van der Waals surface area (Å²) < 4.78 is 27.3. The van der Waals surface area contributed by atoms with Gasteiger partial charge in [0.25, 0.3) is 0 Å². The van der Waals surface area contributed by atoms with Crippen LogP contribution in [0.3, 0.4) is 0 Å². The van der Waals surface area contributed by atoms with E-state index in [9.17, 15) is 13.9 Å². The maximum absolute atomic E-state index is 13.9. The number of hydrogen-bond acceptors (Lipinski definition) is 2. The van der Waals surface area contributed by atoms with Gasteiger partial charge in [0.15, 0.2) is 0 Å². The first-order valence-corrected chi connectivity index (χ1v) is 7.13. The lowest BCUT2D eigenvalue weighted by Gasteiger charge is -2.28. The first-order valence-electron chi connectivity index (χ1n) is 7.13. The predicted molar refractivity (Wildman–Crippen MR) is 75.4 cm³/mol. The van der Waals surface area contributed by atoms with Crippen LogP contribution in [0.25, 0.3) is 0 Å². The Morgan fingerprint density at radius 1 is 1.30 bits per heavy atom. The highest BCUT2D eigenvalue weighted by atomic mass is 19.1. The van der Waals surface area contributed by atoms with Gasteiger partial charge in [-0.05, 0) is 43.0 Å². The molecule has 0 spiro atoms. The van der Waals surface area contributed by atoms with Gasteiger partial charge in [-0.25, -0.2) is 8.78 Å². The van der Waals surface area contributed by atoms with Crippen molar-refractivity contribution in [3.8, 4) is 0 Å². The standard InChI is InChI=1S/C16H23F2NO/c1-16(2,3)6-7-19-10-12(20)9-15(19)13-8-11(17)4-5-14(13)18/h4-5,8,12,15,20H,6-7,9-10H2,1-3H3/t12-,15-/m1/s1. The Morgan fingerprint density at radius 2 is 2.00 bits per heavy atom. The van der Waals surface area contributed by atoms with E-state index in [4.69, 9.17) is 0 Å². The number of rotatable bonds is 3. The first kappa shape index (κ1) is 15.4. The molecule has 0 aromatic heterocycles. The molecule has 1 aromatic rings. The fourth-order valence-corrected chi connectivity index (χ4v) is 2.70. The molecule has 0 aliphatic carbocycles. The zero-order valence-electron chi connectivity index (χ0n) is 12.4. The molecule has 2 atom stereocenters. The molecule has 0 saturated carbocycles. The first-order chi connectivity index (χ1) is 9.26. The molecule has 1 saturated heterocycles. The zero-order valence-corrected chi connectivity index (χ0v) is 12.4. The molecule has 0 amide bonds. The van der Waals surface area contributed by atoms with E-state index in [1.807, 2.05) is 0 Å². The monoisotopic (exact) mass is 283 g/mol. The van der Waals surface area contributed by atoms with Crippen LogP contribution in [-0.4, -0.2) is 29.2 Å². The summed E-state index contributed by atoms with van der Waals surface area (Å²) in [5, 5.41) is 9.86. The molecule has 0 bridgehead atoms. The lowest BCUT2D eigenvalue weighted by atomic mass is 9.92. The van der Waals surface area contributed by atoms with E-state index in [2.05, 4.69) is 25.7 Å². The minimum absolute atomic E-state index is 0.179. The van der Waals surface area contributed by atoms with Crippen LogP contribution in [0.2, 0.25) is 0 Å². The van der Waals surface area contributed by atoms with Crippen molar-refractivity contribution in [3.63, 3.8) is 0 Å². The number of aliphatic hydroxyl groups excluding tert-OH is 1. The third kappa shape index (κ3) is 3.76. The van der Waals surface area contributed by atoms with E-state index >= 15 is 0 Å². The van der Waals surface area contributed by atoms with Crippen molar-refractivity contribution in [2.24, 2.45) is 5.41 Å². The molecular formula is C16H23F2NO. The van der Waals surface area contributed by atoms with Crippen LogP contribution in [0.15, 0.2) is 18.2 Å². The van der Waals surface area contributed by atoms with Gasteiger partial charge in [0, 0.05) is 18.2 Å². The number of β-amino-alcohol motifs (C(OH)–C–C–N with tert-alkyl or cyclic N) is 1. The number of hydrogen-bond donors (Lipinski definition) is 1. The highest BCUT2D eigenvalue weighted by molar-refractivity contribution is 5.23. The lowest BCUT2D eigenvalue weighted by molar-refractivity contribution is 0.166. The van der Waals surface area contributed by atoms with E-state index in [0.717, 1.165) is 25.1 Å². The molecule has 1 heterocycles. The Morgan fingerprint density at radius 3 is 2.65 bits per heavy atom. The molecule has 0 unspecified atom stereocenters. The van der Waals surface area contributed by atoms with E-state index in [1.54, 1.807) is 0 Å². The second-order valence-electron chi connectivity index (χ2n) is 6.88. The normalized spacial score (nSPS) is 24.3. The summed E-state index contributed by atoms with van der Waals surface area (Å²) in [6.07, 6.45) is 0.945. The fraction of sp³-hybridized carbons (Fsp3) is 0.625. The second kappa shape index (κ2) is 5.78. The van der Waals surface area contributed by atoms with E-state index in [0.29, 0.717) is 18.5 Å². The molecule has 2 rings (SSSR count). The highest BCUT2D eigenvalue weighted by Gasteiger charge is 2.34. The van der Waals surface area contributed by atoms with Gasteiger partial charge in [-0.2, -0.15) is 0 Å². The molecular weight excluding hydrogens is 260 g/mol. The minimum Gasteiger partial charge on any atom is -0.392 e. The molecule has 2 nitrogen and oxygen atoms in total. The molecule has 1 N–H and O–H groups in total. The molecule has 0 radical (unpaired) electrons. The van der Waals surface area contributed by atoms with E-state index < -0.39 is 17.7 Å². The van der Waals surface area contributed by atoms with Crippen molar-refractivity contribution in [1.82, 2.24) is 4.90 Å². The maximum atomic E-state index is 13.9. The third-order valence-electron chi connectivity index (χ3n) is 3.85. The van der Waals surface area contributed by atoms with Crippen LogP contribution in [0, 0.1) is 17.0 Å². The number of benzene rings is 1. The lowest BCUT2D eigenvalue weighted by Crippen LogP contribution is -2.29. The summed E-state index contributed by atoms with van der Waals surface area (Å²) in [5.74, 6) is -0.829. The van der Waals surface area contributed by atoms with Gasteiger partial charge in [-0.1, -0.05) is 20.8 Å². The molecule has 1 aromatic carbocycles. The molecule has 20 heavy (non-hydrogen) atoms. The van der Waals surface area contributed by atoms with Crippen molar-refractivity contribution in [2.45, 2.75) is 45.8 Å². The average Bonchev–Trinajstić information content (AvgIpc) is 2.70. The summed E-state index contributed by atoms with van der Waals surface area (Å²) in [7, 11) is 0. The molecule has 1 aliphatic heterocycles. The fourth-order valence-electron chi connectivity index (χ4n) is 2.70. The van der Waals surface area contributed by atoms with Crippen molar-refractivity contribution >= 4 is 0 Å². The van der Waals surface area contributed by atoms with Crippen LogP contribution in [-0.2, 0) is 0 Å². The maximum Gasteiger partial charge on any atom is 0.128 e. The molecule has 112 valence electrons. The summed E-state index contributed by atoms with van der Waals surface area (Å²) in [4.78, 5) is 2.06. The smallest absolute Gasteiger partial charge is 0.128 e. The Kier molecular flexibility index (Phi) is 4.45. The average molecular weight is 283 g/mol. The topological polar surface area (TPSA) is 23.5 Å². The van der Waals surface area contributed by atoms with Crippen LogP contribution in [0.5, 0.6) is 0 Å². The number of nitrogens with zero attached hydrogens (tertiary/aromatic N) is 1. The van der Waals surface area contributed by atoms with Gasteiger partial charge in [0.05, 0.1) is 6.10 Å². The van der Waals surface area contributed by atoms with Gasteiger partial charge in [-0.3, -0.25) is 4.90 Å². The largest absolute Gasteiger partial charge is 0.392 e. The zero-order chi connectivity index (χ0) is 14.9. The summed E-state index contributed by atoms with van der Waals surface area (Å²) in [6, 6.07) is 3.31. The Balaban J connectivity index is 2.17. The second-order valence-corrected chi connectivity index (χ2v) is 6.88. The SMILES string of the molecule is CC(C)(C)CCN1C[C@H](O)C[C@@H]1c1cc(F)ccc1F. The van der Waals surface area contributed by atoms with Crippen LogP contribution in [0.4, 0.5) is 8.78 Å². The van der Waals surface area contributed by atoms with Gasteiger partial charge < -0.3 is 5.11 Å². The summed E-state index contributed by atoms with van der Waals surface area (Å²) >= 11 is 0. The van der Waals surface area contributed by atoms with Gasteiger partial charge in [0.2, 0.25) is 0 Å². The van der Waals surface area contributed by atoms with Crippen LogP contribution in [0.1, 0.15) is 45.2 Å². The van der Waals surface area contributed by atoms with Gasteiger partial charge in [-0.15, -0.1) is 0 Å². The van der Waals surface area contributed by atoms with Crippen molar-refractivity contribution in [3.05, 3.63) is 35.4 Å². The van der Waals surface area contributed by atoms with Gasteiger partial charge >= 0.3 is 0 Å². The Hall–Kier alpha value is -1.00. The summed E-state index contributed by atoms with van der Waals surface area (Å²) in [6.45, 7) is 7.75. The van der Waals surface area contributed by atoms with Crippen LogP contribution >= 0.6 is 0 Å². The Bertz CT molecular complexity index is 470. The molecule has 1 aliphatic rings. The van der Waals surface area contributed by atoms with Crippen molar-refractivity contribution in [2.75, 3.05) is 13.1 Å². The van der Waals surface area contributed by atoms with Crippen LogP contribution < -0.4 is 0 Å². The number of aliphatic hydroxyl groups is 1. The minimum atomic E-state index is -0.470.